The minimum atomic E-state index is -0.958. The quantitative estimate of drug-likeness (QED) is 0.878. The molecule has 0 aromatic heterocycles. The molecule has 0 radical (unpaired) electrons. The van der Waals surface area contributed by atoms with Crippen LogP contribution < -0.4 is 10.2 Å². The predicted octanol–water partition coefficient (Wildman–Crippen LogP) is 2.11. The van der Waals surface area contributed by atoms with Gasteiger partial charge in [-0.15, -0.1) is 0 Å². The van der Waals surface area contributed by atoms with Gasteiger partial charge in [-0.1, -0.05) is 18.2 Å². The molecule has 112 valence electrons. The molecule has 5 nitrogen and oxygen atoms in total. The monoisotopic (exact) mass is 306 g/mol. The lowest BCUT2D eigenvalue weighted by atomic mass is 10.1. The van der Waals surface area contributed by atoms with Crippen LogP contribution in [0.1, 0.15) is 18.4 Å². The van der Waals surface area contributed by atoms with E-state index in [1.807, 2.05) is 36.0 Å². The van der Waals surface area contributed by atoms with Gasteiger partial charge in [0.25, 0.3) is 0 Å². The van der Waals surface area contributed by atoms with Gasteiger partial charge in [0.15, 0.2) is 0 Å². The highest BCUT2D eigenvalue weighted by Gasteiger charge is 2.38. The molecule has 1 saturated heterocycles. The van der Waals surface area contributed by atoms with Crippen LogP contribution >= 0.6 is 11.8 Å². The Labute approximate surface area is 127 Å². The number of benzene rings is 1. The highest BCUT2D eigenvalue weighted by atomic mass is 32.2. The molecule has 3 rings (SSSR count). The van der Waals surface area contributed by atoms with E-state index in [4.69, 9.17) is 0 Å². The fourth-order valence-corrected chi connectivity index (χ4v) is 4.03. The molecule has 0 spiro atoms. The summed E-state index contributed by atoms with van der Waals surface area (Å²) in [6, 6.07) is 6.47. The molecule has 6 heteroatoms. The average molecular weight is 306 g/mol. The zero-order valence-electron chi connectivity index (χ0n) is 11.6. The summed E-state index contributed by atoms with van der Waals surface area (Å²) >= 11 is 1.89. The number of carbonyl (C=O) groups excluding carboxylic acids is 1. The first-order valence-electron chi connectivity index (χ1n) is 7.15. The zero-order valence-corrected chi connectivity index (χ0v) is 12.4. The summed E-state index contributed by atoms with van der Waals surface area (Å²) in [6.45, 7) is 0. The minimum Gasteiger partial charge on any atom is -0.480 e. The SMILES string of the molecule is O=C(O)[C@@H]1Cc2ccccc2N1C(=O)NC1CCSCC1. The molecule has 2 aliphatic rings. The maximum Gasteiger partial charge on any atom is 0.327 e. The molecule has 1 fully saturated rings. The molecule has 1 aromatic carbocycles. The maximum atomic E-state index is 12.5. The molecule has 2 amide bonds. The van der Waals surface area contributed by atoms with Crippen LogP contribution in [-0.2, 0) is 11.2 Å². The van der Waals surface area contributed by atoms with Crippen LogP contribution in [0.5, 0.6) is 0 Å². The smallest absolute Gasteiger partial charge is 0.327 e. The van der Waals surface area contributed by atoms with Crippen molar-refractivity contribution in [2.45, 2.75) is 31.3 Å². The van der Waals surface area contributed by atoms with Crippen molar-refractivity contribution in [1.29, 1.82) is 0 Å². The van der Waals surface area contributed by atoms with Gasteiger partial charge in [0.1, 0.15) is 6.04 Å². The summed E-state index contributed by atoms with van der Waals surface area (Å²) in [5.74, 6) is 1.13. The van der Waals surface area contributed by atoms with E-state index in [0.29, 0.717) is 12.1 Å². The second kappa shape index (κ2) is 5.97. The molecular weight excluding hydrogens is 288 g/mol. The third kappa shape index (κ3) is 2.85. The Hall–Kier alpha value is -1.69. The Morgan fingerprint density at radius 3 is 2.67 bits per heavy atom. The van der Waals surface area contributed by atoms with Crippen molar-refractivity contribution in [1.82, 2.24) is 5.32 Å². The van der Waals surface area contributed by atoms with E-state index in [1.165, 1.54) is 4.90 Å². The number of carboxylic acids is 1. The van der Waals surface area contributed by atoms with Crippen molar-refractivity contribution >= 4 is 29.4 Å². The number of hydrogen-bond acceptors (Lipinski definition) is 3. The van der Waals surface area contributed by atoms with Crippen molar-refractivity contribution in [3.63, 3.8) is 0 Å². The lowest BCUT2D eigenvalue weighted by Crippen LogP contribution is -2.51. The molecule has 0 aliphatic carbocycles. The van der Waals surface area contributed by atoms with Crippen LogP contribution in [0, 0.1) is 0 Å². The Bertz CT molecular complexity index is 558. The number of fused-ring (bicyclic) bond motifs is 1. The summed E-state index contributed by atoms with van der Waals surface area (Å²) in [7, 11) is 0. The first-order chi connectivity index (χ1) is 10.2. The van der Waals surface area contributed by atoms with Crippen LogP contribution in [0.25, 0.3) is 0 Å². The number of hydrogen-bond donors (Lipinski definition) is 2. The van der Waals surface area contributed by atoms with Crippen molar-refractivity contribution < 1.29 is 14.7 Å². The molecule has 1 atom stereocenters. The summed E-state index contributed by atoms with van der Waals surface area (Å²) in [4.78, 5) is 25.4. The normalized spacial score (nSPS) is 21.9. The van der Waals surface area contributed by atoms with Gasteiger partial charge in [0.2, 0.25) is 0 Å². The van der Waals surface area contributed by atoms with E-state index in [9.17, 15) is 14.7 Å². The Morgan fingerprint density at radius 2 is 1.95 bits per heavy atom. The summed E-state index contributed by atoms with van der Waals surface area (Å²) in [5.41, 5.74) is 1.63. The van der Waals surface area contributed by atoms with Crippen LogP contribution in [0.4, 0.5) is 10.5 Å². The van der Waals surface area contributed by atoms with E-state index in [-0.39, 0.29) is 12.1 Å². The number of nitrogens with zero attached hydrogens (tertiary/aromatic N) is 1. The van der Waals surface area contributed by atoms with Gasteiger partial charge in [-0.25, -0.2) is 9.59 Å². The fraction of sp³-hybridized carbons (Fsp3) is 0.467. The lowest BCUT2D eigenvalue weighted by Gasteiger charge is -2.28. The molecule has 1 aromatic rings. The molecule has 0 bridgehead atoms. The first kappa shape index (κ1) is 14.3. The molecule has 0 unspecified atom stereocenters. The van der Waals surface area contributed by atoms with E-state index < -0.39 is 12.0 Å². The van der Waals surface area contributed by atoms with Gasteiger partial charge in [0, 0.05) is 18.2 Å². The fourth-order valence-electron chi connectivity index (χ4n) is 2.92. The van der Waals surface area contributed by atoms with Crippen molar-refractivity contribution in [2.24, 2.45) is 0 Å². The number of urea groups is 1. The summed E-state index contributed by atoms with van der Waals surface area (Å²) in [6.07, 6.45) is 2.27. The van der Waals surface area contributed by atoms with Crippen molar-refractivity contribution in [2.75, 3.05) is 16.4 Å². The standard InChI is InChI=1S/C15H18N2O3S/c18-14(19)13-9-10-3-1-2-4-12(10)17(13)15(20)16-11-5-7-21-8-6-11/h1-4,11,13H,5-9H2,(H,16,20)(H,18,19)/t13-/m0/s1. The summed E-state index contributed by atoms with van der Waals surface area (Å²) in [5, 5.41) is 12.4. The Balaban J connectivity index is 1.80. The third-order valence-corrected chi connectivity index (χ3v) is 5.08. The number of carboxylic acid groups (broad SMARTS) is 1. The van der Waals surface area contributed by atoms with E-state index >= 15 is 0 Å². The van der Waals surface area contributed by atoms with Crippen LogP contribution in [0.3, 0.4) is 0 Å². The second-order valence-corrected chi connectivity index (χ2v) is 6.62. The number of para-hydroxylation sites is 1. The molecule has 21 heavy (non-hydrogen) atoms. The number of anilines is 1. The largest absolute Gasteiger partial charge is 0.480 e. The van der Waals surface area contributed by atoms with Gasteiger partial charge >= 0.3 is 12.0 Å². The van der Waals surface area contributed by atoms with Crippen LogP contribution in [-0.4, -0.2) is 40.7 Å². The maximum absolute atomic E-state index is 12.5. The molecular formula is C15H18N2O3S. The number of nitrogens with one attached hydrogen (secondary N) is 1. The van der Waals surface area contributed by atoms with E-state index in [1.54, 1.807) is 0 Å². The number of rotatable bonds is 2. The highest BCUT2D eigenvalue weighted by Crippen LogP contribution is 2.32. The third-order valence-electron chi connectivity index (χ3n) is 4.03. The predicted molar refractivity (Wildman–Crippen MR) is 82.9 cm³/mol. The van der Waals surface area contributed by atoms with Crippen molar-refractivity contribution in [3.05, 3.63) is 29.8 Å². The molecule has 2 heterocycles. The van der Waals surface area contributed by atoms with E-state index in [2.05, 4.69) is 5.32 Å². The number of carbonyl (C=O) groups is 2. The van der Waals surface area contributed by atoms with Gasteiger partial charge in [-0.05, 0) is 36.0 Å². The van der Waals surface area contributed by atoms with Crippen LogP contribution in [0.2, 0.25) is 0 Å². The Kier molecular flexibility index (Phi) is 4.05. The van der Waals surface area contributed by atoms with Gasteiger partial charge in [-0.3, -0.25) is 4.90 Å². The lowest BCUT2D eigenvalue weighted by molar-refractivity contribution is -0.138. The highest BCUT2D eigenvalue weighted by molar-refractivity contribution is 7.99. The molecule has 2 N–H and O–H groups in total. The number of aliphatic carboxylic acids is 1. The number of thioether (sulfide) groups is 1. The van der Waals surface area contributed by atoms with Crippen LogP contribution in [0.15, 0.2) is 24.3 Å². The van der Waals surface area contributed by atoms with E-state index in [0.717, 1.165) is 29.9 Å². The summed E-state index contributed by atoms with van der Waals surface area (Å²) < 4.78 is 0. The molecule has 0 saturated carbocycles. The molecule has 2 aliphatic heterocycles. The topological polar surface area (TPSA) is 69.6 Å². The Morgan fingerprint density at radius 1 is 1.24 bits per heavy atom. The zero-order chi connectivity index (χ0) is 14.8. The van der Waals surface area contributed by atoms with Gasteiger partial charge in [-0.2, -0.15) is 11.8 Å². The van der Waals surface area contributed by atoms with Crippen molar-refractivity contribution in [3.8, 4) is 0 Å². The second-order valence-electron chi connectivity index (χ2n) is 5.39. The van der Waals surface area contributed by atoms with Gasteiger partial charge < -0.3 is 10.4 Å². The first-order valence-corrected chi connectivity index (χ1v) is 8.30. The minimum absolute atomic E-state index is 0.154. The average Bonchev–Trinajstić information content (AvgIpc) is 2.88. The number of amides is 2. The van der Waals surface area contributed by atoms with Gasteiger partial charge in [0.05, 0.1) is 0 Å².